The van der Waals surface area contributed by atoms with Crippen molar-refractivity contribution in [3.05, 3.63) is 0 Å². The standard InChI is InChI=1S/C38H71NO5/c1-3-5-9-17-33-19-23-35(24-20-33)37(41)43-31-15-7-11-27-39(29-13-14-30-40)28-12-8-16-32-44-38(42)36-25-21-34(22-26-36)18-10-6-4-2/h33-36,40H,3-32H2,1-2H3. The summed E-state index contributed by atoms with van der Waals surface area (Å²) in [5.74, 6) is 1.98. The summed E-state index contributed by atoms with van der Waals surface area (Å²) in [4.78, 5) is 27.6. The molecule has 2 rings (SSSR count). The van der Waals surface area contributed by atoms with Crippen LogP contribution in [0.4, 0.5) is 0 Å². The fraction of sp³-hybridized carbons (Fsp3) is 0.947. The average molecular weight is 622 g/mol. The first-order valence-corrected chi connectivity index (χ1v) is 19.2. The van der Waals surface area contributed by atoms with Crippen LogP contribution in [0.25, 0.3) is 0 Å². The van der Waals surface area contributed by atoms with Gasteiger partial charge < -0.3 is 19.5 Å². The summed E-state index contributed by atoms with van der Waals surface area (Å²) in [5.41, 5.74) is 0. The van der Waals surface area contributed by atoms with Gasteiger partial charge in [-0.05, 0) is 134 Å². The van der Waals surface area contributed by atoms with Crippen molar-refractivity contribution in [2.75, 3.05) is 39.5 Å². The number of aliphatic hydroxyl groups excluding tert-OH is 1. The Morgan fingerprint density at radius 1 is 0.545 bits per heavy atom. The van der Waals surface area contributed by atoms with E-state index in [0.717, 1.165) is 109 Å². The maximum absolute atomic E-state index is 12.5. The topological polar surface area (TPSA) is 76.1 Å². The molecule has 2 fully saturated rings. The number of carbonyl (C=O) groups is 2. The molecule has 0 aliphatic heterocycles. The van der Waals surface area contributed by atoms with Crippen molar-refractivity contribution in [2.24, 2.45) is 23.7 Å². The quantitative estimate of drug-likeness (QED) is 0.0766. The number of ether oxygens (including phenoxy) is 2. The van der Waals surface area contributed by atoms with E-state index in [9.17, 15) is 14.7 Å². The number of aliphatic hydroxyl groups is 1. The third-order valence-corrected chi connectivity index (χ3v) is 10.4. The molecule has 2 saturated carbocycles. The van der Waals surface area contributed by atoms with Gasteiger partial charge in [-0.2, -0.15) is 0 Å². The summed E-state index contributed by atoms with van der Waals surface area (Å²) >= 11 is 0. The molecule has 0 aromatic carbocycles. The highest BCUT2D eigenvalue weighted by Crippen LogP contribution is 2.33. The maximum Gasteiger partial charge on any atom is 0.308 e. The van der Waals surface area contributed by atoms with Gasteiger partial charge in [0.15, 0.2) is 0 Å². The van der Waals surface area contributed by atoms with Crippen molar-refractivity contribution in [1.82, 2.24) is 4.90 Å². The van der Waals surface area contributed by atoms with E-state index < -0.39 is 0 Å². The Balaban J connectivity index is 1.49. The Morgan fingerprint density at radius 3 is 1.34 bits per heavy atom. The average Bonchev–Trinajstić information content (AvgIpc) is 3.04. The van der Waals surface area contributed by atoms with Crippen molar-refractivity contribution >= 4 is 11.9 Å². The van der Waals surface area contributed by atoms with Crippen LogP contribution in [0, 0.1) is 23.7 Å². The fourth-order valence-corrected chi connectivity index (χ4v) is 7.33. The molecule has 0 heterocycles. The third kappa shape index (κ3) is 18.1. The van der Waals surface area contributed by atoms with Crippen LogP contribution in [0.5, 0.6) is 0 Å². The van der Waals surface area contributed by atoms with Gasteiger partial charge in [0.1, 0.15) is 0 Å². The highest BCUT2D eigenvalue weighted by atomic mass is 16.5. The number of hydrogen-bond donors (Lipinski definition) is 1. The minimum absolute atomic E-state index is 0.0403. The van der Waals surface area contributed by atoms with Crippen molar-refractivity contribution < 1.29 is 24.2 Å². The highest BCUT2D eigenvalue weighted by Gasteiger charge is 2.28. The molecule has 0 spiro atoms. The summed E-state index contributed by atoms with van der Waals surface area (Å²) in [6.07, 6.45) is 27.5. The smallest absolute Gasteiger partial charge is 0.308 e. The second-order valence-electron chi connectivity index (χ2n) is 14.2. The van der Waals surface area contributed by atoms with Crippen LogP contribution in [0.2, 0.25) is 0 Å². The van der Waals surface area contributed by atoms with Gasteiger partial charge in [0.25, 0.3) is 0 Å². The molecule has 0 amide bonds. The van der Waals surface area contributed by atoms with E-state index in [1.54, 1.807) is 0 Å². The van der Waals surface area contributed by atoms with E-state index in [1.807, 2.05) is 0 Å². The molecule has 2 aliphatic carbocycles. The zero-order valence-electron chi connectivity index (χ0n) is 29.1. The van der Waals surface area contributed by atoms with Crippen molar-refractivity contribution in [3.8, 4) is 0 Å². The van der Waals surface area contributed by atoms with Crippen LogP contribution in [0.1, 0.15) is 168 Å². The monoisotopic (exact) mass is 622 g/mol. The van der Waals surface area contributed by atoms with Crippen LogP contribution in [-0.4, -0.2) is 61.4 Å². The van der Waals surface area contributed by atoms with Gasteiger partial charge in [-0.25, -0.2) is 0 Å². The second kappa shape index (κ2) is 26.0. The van der Waals surface area contributed by atoms with Crippen LogP contribution in [0.15, 0.2) is 0 Å². The molecule has 0 unspecified atom stereocenters. The fourth-order valence-electron chi connectivity index (χ4n) is 7.33. The van der Waals surface area contributed by atoms with Crippen molar-refractivity contribution in [1.29, 1.82) is 0 Å². The molecule has 2 aliphatic rings. The number of carbonyl (C=O) groups excluding carboxylic acids is 2. The number of hydrogen-bond acceptors (Lipinski definition) is 6. The second-order valence-corrected chi connectivity index (χ2v) is 14.2. The molecule has 0 atom stereocenters. The van der Waals surface area contributed by atoms with E-state index >= 15 is 0 Å². The van der Waals surface area contributed by atoms with Gasteiger partial charge >= 0.3 is 11.9 Å². The molecule has 0 saturated heterocycles. The van der Waals surface area contributed by atoms with Gasteiger partial charge in [0.05, 0.1) is 25.0 Å². The van der Waals surface area contributed by atoms with Gasteiger partial charge in [-0.1, -0.05) is 65.2 Å². The van der Waals surface area contributed by atoms with E-state index in [0.29, 0.717) is 13.2 Å². The molecule has 0 aromatic heterocycles. The lowest BCUT2D eigenvalue weighted by atomic mass is 9.80. The molecule has 0 radical (unpaired) electrons. The molecule has 6 nitrogen and oxygen atoms in total. The Morgan fingerprint density at radius 2 is 0.955 bits per heavy atom. The van der Waals surface area contributed by atoms with Gasteiger partial charge in [-0.15, -0.1) is 0 Å². The zero-order valence-corrected chi connectivity index (χ0v) is 29.1. The Hall–Kier alpha value is -1.14. The summed E-state index contributed by atoms with van der Waals surface area (Å²) < 4.78 is 11.3. The summed E-state index contributed by atoms with van der Waals surface area (Å²) in [6.45, 7) is 9.01. The van der Waals surface area contributed by atoms with Crippen LogP contribution in [-0.2, 0) is 19.1 Å². The van der Waals surface area contributed by atoms with E-state index in [1.165, 1.54) is 77.0 Å². The predicted molar refractivity (Wildman–Crippen MR) is 182 cm³/mol. The normalized spacial score (nSPS) is 22.3. The van der Waals surface area contributed by atoms with Crippen LogP contribution >= 0.6 is 0 Å². The molecule has 1 N–H and O–H groups in total. The van der Waals surface area contributed by atoms with Crippen molar-refractivity contribution in [3.63, 3.8) is 0 Å². The Bertz CT molecular complexity index is 645. The molecule has 0 bridgehead atoms. The number of esters is 2. The first-order chi connectivity index (χ1) is 21.6. The molecular formula is C38H71NO5. The van der Waals surface area contributed by atoms with Crippen LogP contribution < -0.4 is 0 Å². The molecular weight excluding hydrogens is 550 g/mol. The van der Waals surface area contributed by atoms with Gasteiger partial charge in [0, 0.05) is 6.61 Å². The predicted octanol–water partition coefficient (Wildman–Crippen LogP) is 9.26. The Labute approximate surface area is 271 Å². The molecule has 258 valence electrons. The van der Waals surface area contributed by atoms with E-state index in [-0.39, 0.29) is 30.4 Å². The first kappa shape index (κ1) is 39.0. The highest BCUT2D eigenvalue weighted by molar-refractivity contribution is 5.72. The molecule has 44 heavy (non-hydrogen) atoms. The lowest BCUT2D eigenvalue weighted by Gasteiger charge is -2.27. The zero-order chi connectivity index (χ0) is 31.7. The summed E-state index contributed by atoms with van der Waals surface area (Å²) in [7, 11) is 0. The summed E-state index contributed by atoms with van der Waals surface area (Å²) in [5, 5.41) is 9.22. The van der Waals surface area contributed by atoms with Crippen molar-refractivity contribution in [2.45, 2.75) is 168 Å². The first-order valence-electron chi connectivity index (χ1n) is 19.2. The maximum atomic E-state index is 12.5. The van der Waals surface area contributed by atoms with Gasteiger partial charge in [0.2, 0.25) is 0 Å². The molecule has 6 heteroatoms. The third-order valence-electron chi connectivity index (χ3n) is 10.4. The van der Waals surface area contributed by atoms with E-state index in [2.05, 4.69) is 18.7 Å². The number of nitrogens with zero attached hydrogens (tertiary/aromatic N) is 1. The van der Waals surface area contributed by atoms with Gasteiger partial charge in [-0.3, -0.25) is 9.59 Å². The number of rotatable bonds is 26. The largest absolute Gasteiger partial charge is 0.465 e. The van der Waals surface area contributed by atoms with E-state index in [4.69, 9.17) is 9.47 Å². The number of unbranched alkanes of at least 4 members (excludes halogenated alkanes) is 9. The lowest BCUT2D eigenvalue weighted by Crippen LogP contribution is -2.28. The molecule has 0 aromatic rings. The summed E-state index contributed by atoms with van der Waals surface area (Å²) in [6, 6.07) is 0. The Kier molecular flexibility index (Phi) is 23.1. The van der Waals surface area contributed by atoms with Crippen LogP contribution in [0.3, 0.4) is 0 Å². The SMILES string of the molecule is CCCCCC1CCC(C(=O)OCCCCCN(CCCCO)CCCCCOC(=O)C2CCC(CCCCC)CC2)CC1. The minimum atomic E-state index is 0.0403. The lowest BCUT2D eigenvalue weighted by molar-refractivity contribution is -0.151. The minimum Gasteiger partial charge on any atom is -0.465 e.